The molecule has 2 rings (SSSR count). The van der Waals surface area contributed by atoms with E-state index >= 15 is 0 Å². The van der Waals surface area contributed by atoms with Crippen molar-refractivity contribution in [3.63, 3.8) is 0 Å². The standard InChI is InChI=1S/C16H16O3/c1-11-6-5-7-12(10-11)13-8-9-14(17-2)16(19-4)15(13)18-3/h1,5-10H,2-4H3. The molecule has 0 saturated carbocycles. The lowest BCUT2D eigenvalue weighted by Crippen LogP contribution is -1.96. The summed E-state index contributed by atoms with van der Waals surface area (Å²) in [5.74, 6) is 1.84. The molecule has 98 valence electrons. The Bertz CT molecular complexity index is 576. The molecule has 0 unspecified atom stereocenters. The molecule has 0 spiro atoms. The first-order valence-corrected chi connectivity index (χ1v) is 5.86. The third-order valence-electron chi connectivity index (χ3n) is 2.90. The molecule has 0 N–H and O–H groups in total. The van der Waals surface area contributed by atoms with Crippen molar-refractivity contribution >= 4 is 0 Å². The molecular formula is C16H16O3. The molecule has 3 heteroatoms. The van der Waals surface area contributed by atoms with E-state index in [9.17, 15) is 0 Å². The predicted octanol–water partition coefficient (Wildman–Crippen LogP) is 3.44. The SMILES string of the molecule is [CH]c1cccc(-c2ccc(OC)c(OC)c2OC)c1. The second kappa shape index (κ2) is 5.65. The van der Waals surface area contributed by atoms with Crippen LogP contribution in [0.4, 0.5) is 0 Å². The lowest BCUT2D eigenvalue weighted by atomic mass is 10.0. The highest BCUT2D eigenvalue weighted by atomic mass is 16.5. The normalized spacial score (nSPS) is 10.1. The fourth-order valence-corrected chi connectivity index (χ4v) is 2.03. The van der Waals surface area contributed by atoms with Gasteiger partial charge in [0.05, 0.1) is 21.3 Å². The first-order chi connectivity index (χ1) is 9.21. The number of ether oxygens (including phenoxy) is 3. The number of hydrogen-bond acceptors (Lipinski definition) is 3. The van der Waals surface area contributed by atoms with Gasteiger partial charge in [-0.2, -0.15) is 0 Å². The van der Waals surface area contributed by atoms with E-state index in [1.54, 1.807) is 21.3 Å². The second-order valence-electron chi connectivity index (χ2n) is 4.01. The number of benzene rings is 2. The minimum absolute atomic E-state index is 0.574. The van der Waals surface area contributed by atoms with Crippen LogP contribution in [0.25, 0.3) is 11.1 Å². The van der Waals surface area contributed by atoms with Gasteiger partial charge in [0, 0.05) is 5.56 Å². The topological polar surface area (TPSA) is 27.7 Å². The highest BCUT2D eigenvalue weighted by Crippen LogP contribution is 2.44. The maximum atomic E-state index is 5.82. The maximum absolute atomic E-state index is 5.82. The molecule has 0 heterocycles. The van der Waals surface area contributed by atoms with Crippen molar-refractivity contribution in [1.29, 1.82) is 0 Å². The summed E-state index contributed by atoms with van der Waals surface area (Å²) in [5.41, 5.74) is 2.58. The zero-order valence-electron chi connectivity index (χ0n) is 11.3. The Morgan fingerprint density at radius 1 is 0.842 bits per heavy atom. The van der Waals surface area contributed by atoms with E-state index in [0.29, 0.717) is 22.8 Å². The quantitative estimate of drug-likeness (QED) is 0.838. The van der Waals surface area contributed by atoms with Gasteiger partial charge < -0.3 is 14.2 Å². The van der Waals surface area contributed by atoms with Crippen molar-refractivity contribution in [2.24, 2.45) is 0 Å². The lowest BCUT2D eigenvalue weighted by molar-refractivity contribution is 0.325. The van der Waals surface area contributed by atoms with Crippen LogP contribution in [0.5, 0.6) is 17.2 Å². The summed E-state index contributed by atoms with van der Waals surface area (Å²) < 4.78 is 16.1. The molecule has 0 aliphatic rings. The van der Waals surface area contributed by atoms with Gasteiger partial charge in [0.2, 0.25) is 5.75 Å². The molecule has 0 aromatic heterocycles. The molecule has 2 radical (unpaired) electrons. The van der Waals surface area contributed by atoms with Gasteiger partial charge in [-0.25, -0.2) is 0 Å². The lowest BCUT2D eigenvalue weighted by Gasteiger charge is -2.16. The molecule has 0 fully saturated rings. The van der Waals surface area contributed by atoms with Gasteiger partial charge in [-0.15, -0.1) is 0 Å². The Morgan fingerprint density at radius 3 is 2.16 bits per heavy atom. The molecule has 0 atom stereocenters. The van der Waals surface area contributed by atoms with Crippen molar-refractivity contribution in [3.05, 3.63) is 48.9 Å². The summed E-state index contributed by atoms with van der Waals surface area (Å²) in [5, 5.41) is 0. The minimum Gasteiger partial charge on any atom is -0.493 e. The average Bonchev–Trinajstić information content (AvgIpc) is 2.45. The highest BCUT2D eigenvalue weighted by Gasteiger charge is 2.16. The third-order valence-corrected chi connectivity index (χ3v) is 2.90. The molecule has 0 amide bonds. The largest absolute Gasteiger partial charge is 0.493 e. The first kappa shape index (κ1) is 13.3. The molecule has 0 bridgehead atoms. The zero-order chi connectivity index (χ0) is 13.8. The number of methoxy groups -OCH3 is 3. The number of rotatable bonds is 4. The Hall–Kier alpha value is -2.16. The van der Waals surface area contributed by atoms with Crippen LogP contribution in [0.2, 0.25) is 0 Å². The minimum atomic E-state index is 0.574. The summed E-state index contributed by atoms with van der Waals surface area (Å²) in [6.07, 6.45) is 0. The second-order valence-corrected chi connectivity index (χ2v) is 4.01. The summed E-state index contributed by atoms with van der Waals surface area (Å²) in [4.78, 5) is 0. The van der Waals surface area contributed by atoms with Gasteiger partial charge >= 0.3 is 0 Å². The molecule has 0 aliphatic heterocycles. The molecule has 2 aromatic rings. The first-order valence-electron chi connectivity index (χ1n) is 5.86. The van der Waals surface area contributed by atoms with E-state index in [1.165, 1.54) is 0 Å². The molecule has 19 heavy (non-hydrogen) atoms. The predicted molar refractivity (Wildman–Crippen MR) is 74.9 cm³/mol. The van der Waals surface area contributed by atoms with Gasteiger partial charge in [0.25, 0.3) is 0 Å². The van der Waals surface area contributed by atoms with Gasteiger partial charge in [-0.3, -0.25) is 0 Å². The maximum Gasteiger partial charge on any atom is 0.203 e. The fraction of sp³-hybridized carbons (Fsp3) is 0.188. The van der Waals surface area contributed by atoms with Gasteiger partial charge in [-0.05, 0) is 30.2 Å². The van der Waals surface area contributed by atoms with Crippen molar-refractivity contribution in [2.45, 2.75) is 0 Å². The van der Waals surface area contributed by atoms with Crippen LogP contribution in [0.1, 0.15) is 5.56 Å². The van der Waals surface area contributed by atoms with E-state index < -0.39 is 0 Å². The molecule has 2 aromatic carbocycles. The van der Waals surface area contributed by atoms with Crippen molar-refractivity contribution < 1.29 is 14.2 Å². The molecule has 3 nitrogen and oxygen atoms in total. The smallest absolute Gasteiger partial charge is 0.203 e. The van der Waals surface area contributed by atoms with Crippen LogP contribution in [-0.2, 0) is 0 Å². The third kappa shape index (κ3) is 2.50. The average molecular weight is 256 g/mol. The summed E-state index contributed by atoms with van der Waals surface area (Å²) >= 11 is 0. The summed E-state index contributed by atoms with van der Waals surface area (Å²) in [7, 11) is 4.79. The van der Waals surface area contributed by atoms with E-state index in [0.717, 1.165) is 11.1 Å². The van der Waals surface area contributed by atoms with Gasteiger partial charge in [0.1, 0.15) is 0 Å². The fourth-order valence-electron chi connectivity index (χ4n) is 2.03. The van der Waals surface area contributed by atoms with Crippen LogP contribution in [-0.4, -0.2) is 21.3 Å². The Kier molecular flexibility index (Phi) is 3.95. The van der Waals surface area contributed by atoms with E-state index in [2.05, 4.69) is 0 Å². The molecule has 0 aliphatic carbocycles. The van der Waals surface area contributed by atoms with Crippen molar-refractivity contribution in [2.75, 3.05) is 21.3 Å². The Balaban J connectivity index is 2.64. The van der Waals surface area contributed by atoms with Crippen LogP contribution in [0, 0.1) is 6.92 Å². The Labute approximate surface area is 113 Å². The monoisotopic (exact) mass is 256 g/mol. The summed E-state index contributed by atoms with van der Waals surface area (Å²) in [6, 6.07) is 11.4. The van der Waals surface area contributed by atoms with Gasteiger partial charge in [-0.1, -0.05) is 24.3 Å². The van der Waals surface area contributed by atoms with E-state index in [1.807, 2.05) is 36.4 Å². The van der Waals surface area contributed by atoms with E-state index in [4.69, 9.17) is 21.1 Å². The van der Waals surface area contributed by atoms with Crippen LogP contribution in [0.15, 0.2) is 36.4 Å². The molecular weight excluding hydrogens is 240 g/mol. The Morgan fingerprint density at radius 2 is 1.58 bits per heavy atom. The van der Waals surface area contributed by atoms with E-state index in [-0.39, 0.29) is 0 Å². The number of hydrogen-bond donors (Lipinski definition) is 0. The van der Waals surface area contributed by atoms with Crippen LogP contribution >= 0.6 is 0 Å². The van der Waals surface area contributed by atoms with Crippen LogP contribution < -0.4 is 14.2 Å². The summed E-state index contributed by atoms with van der Waals surface area (Å²) in [6.45, 7) is 5.82. The zero-order valence-corrected chi connectivity index (χ0v) is 11.3. The van der Waals surface area contributed by atoms with Crippen LogP contribution in [0.3, 0.4) is 0 Å². The highest BCUT2D eigenvalue weighted by molar-refractivity contribution is 5.76. The molecule has 0 saturated heterocycles. The van der Waals surface area contributed by atoms with Crippen molar-refractivity contribution in [1.82, 2.24) is 0 Å². The van der Waals surface area contributed by atoms with Gasteiger partial charge in [0.15, 0.2) is 11.5 Å². The van der Waals surface area contributed by atoms with Crippen molar-refractivity contribution in [3.8, 4) is 28.4 Å².